The number of aromatic nitrogens is 3. The molecular formula is C17H22N6O3. The molecule has 9 nitrogen and oxygen atoms in total. The van der Waals surface area contributed by atoms with Crippen LogP contribution in [-0.2, 0) is 11.8 Å². The van der Waals surface area contributed by atoms with Crippen LogP contribution in [0.2, 0.25) is 0 Å². The third-order valence-corrected chi connectivity index (χ3v) is 4.09. The van der Waals surface area contributed by atoms with E-state index in [1.165, 1.54) is 4.57 Å². The van der Waals surface area contributed by atoms with Gasteiger partial charge in [-0.3, -0.25) is 9.78 Å². The molecule has 2 N–H and O–H groups in total. The number of hydrogen-bond acceptors (Lipinski definition) is 6. The topological polar surface area (TPSA) is 101 Å². The molecule has 3 heterocycles. The molecule has 3 rings (SSSR count). The highest BCUT2D eigenvalue weighted by Gasteiger charge is 2.24. The summed E-state index contributed by atoms with van der Waals surface area (Å²) >= 11 is 0. The number of aryl methyl sites for hydroxylation is 2. The molecule has 26 heavy (non-hydrogen) atoms. The number of anilines is 2. The van der Waals surface area contributed by atoms with E-state index in [0.29, 0.717) is 31.9 Å². The van der Waals surface area contributed by atoms with Crippen molar-refractivity contribution in [3.63, 3.8) is 0 Å². The molecule has 0 unspecified atom stereocenters. The molecule has 1 atom stereocenters. The lowest BCUT2D eigenvalue weighted by Crippen LogP contribution is -2.49. The lowest BCUT2D eigenvalue weighted by molar-refractivity contribution is -0.00450. The minimum Gasteiger partial charge on any atom is -0.373 e. The quantitative estimate of drug-likeness (QED) is 0.839. The van der Waals surface area contributed by atoms with Gasteiger partial charge in [0.05, 0.1) is 19.3 Å². The predicted molar refractivity (Wildman–Crippen MR) is 97.3 cm³/mol. The summed E-state index contributed by atoms with van der Waals surface area (Å²) in [6, 6.07) is 3.38. The SMILES string of the molecule is Cc1cc(NC(=O)N2CCO[C@H](CNc3nccn(C)c3=O)C2)ccn1. The first-order valence-corrected chi connectivity index (χ1v) is 8.38. The Morgan fingerprint density at radius 2 is 2.23 bits per heavy atom. The Labute approximate surface area is 151 Å². The van der Waals surface area contributed by atoms with Crippen molar-refractivity contribution < 1.29 is 9.53 Å². The molecule has 1 aliphatic heterocycles. The summed E-state index contributed by atoms with van der Waals surface area (Å²) in [6.45, 7) is 3.64. The van der Waals surface area contributed by atoms with Crippen molar-refractivity contribution in [2.75, 3.05) is 36.9 Å². The Balaban J connectivity index is 1.56. The third-order valence-electron chi connectivity index (χ3n) is 4.09. The van der Waals surface area contributed by atoms with Gasteiger partial charge in [0, 0.05) is 50.1 Å². The maximum Gasteiger partial charge on any atom is 0.322 e. The molecule has 0 spiro atoms. The molecule has 1 aliphatic rings. The molecular weight excluding hydrogens is 336 g/mol. The zero-order valence-electron chi connectivity index (χ0n) is 14.8. The van der Waals surface area contributed by atoms with E-state index >= 15 is 0 Å². The summed E-state index contributed by atoms with van der Waals surface area (Å²) < 4.78 is 7.14. The van der Waals surface area contributed by atoms with Crippen molar-refractivity contribution in [3.8, 4) is 0 Å². The first-order valence-electron chi connectivity index (χ1n) is 8.38. The number of rotatable bonds is 4. The lowest BCUT2D eigenvalue weighted by atomic mass is 10.2. The van der Waals surface area contributed by atoms with E-state index in [1.54, 1.807) is 36.6 Å². The number of morpholine rings is 1. The molecule has 0 aromatic carbocycles. The van der Waals surface area contributed by atoms with E-state index in [2.05, 4.69) is 20.6 Å². The molecule has 0 bridgehead atoms. The number of ether oxygens (including phenoxy) is 1. The molecule has 1 saturated heterocycles. The van der Waals surface area contributed by atoms with Crippen LogP contribution in [0.5, 0.6) is 0 Å². The van der Waals surface area contributed by atoms with E-state index in [4.69, 9.17) is 4.74 Å². The molecule has 138 valence electrons. The molecule has 0 aliphatic carbocycles. The van der Waals surface area contributed by atoms with Crippen LogP contribution < -0.4 is 16.2 Å². The first kappa shape index (κ1) is 17.9. The molecule has 2 amide bonds. The highest BCUT2D eigenvalue weighted by atomic mass is 16.5. The summed E-state index contributed by atoms with van der Waals surface area (Å²) in [7, 11) is 1.67. The van der Waals surface area contributed by atoms with Crippen molar-refractivity contribution in [1.82, 2.24) is 19.4 Å². The van der Waals surface area contributed by atoms with Crippen LogP contribution in [0.25, 0.3) is 0 Å². The standard InChI is InChI=1S/C17H22N6O3/c1-12-9-13(3-4-18-12)21-17(25)23-7-8-26-14(11-23)10-20-15-16(24)22(2)6-5-19-15/h3-6,9,14H,7-8,10-11H2,1-2H3,(H,19,20)(H,18,21,25)/t14-/m1/s1. The van der Waals surface area contributed by atoms with Crippen molar-refractivity contribution in [1.29, 1.82) is 0 Å². The molecule has 0 radical (unpaired) electrons. The van der Waals surface area contributed by atoms with Gasteiger partial charge in [-0.2, -0.15) is 0 Å². The summed E-state index contributed by atoms with van der Waals surface area (Å²) in [4.78, 5) is 34.3. The van der Waals surface area contributed by atoms with Crippen LogP contribution >= 0.6 is 0 Å². The maximum atomic E-state index is 12.5. The van der Waals surface area contributed by atoms with Gasteiger partial charge in [-0.25, -0.2) is 9.78 Å². The predicted octanol–water partition coefficient (Wildman–Crippen LogP) is 0.829. The molecule has 9 heteroatoms. The van der Waals surface area contributed by atoms with E-state index < -0.39 is 0 Å². The number of urea groups is 1. The number of amides is 2. The highest BCUT2D eigenvalue weighted by molar-refractivity contribution is 5.89. The average molecular weight is 358 g/mol. The third kappa shape index (κ3) is 4.37. The minimum atomic E-state index is -0.222. The van der Waals surface area contributed by atoms with Gasteiger partial charge >= 0.3 is 6.03 Å². The molecule has 1 fully saturated rings. The minimum absolute atomic E-state index is 0.183. The Hall–Kier alpha value is -2.94. The number of nitrogens with one attached hydrogen (secondary N) is 2. The van der Waals surface area contributed by atoms with Crippen LogP contribution in [0.3, 0.4) is 0 Å². The van der Waals surface area contributed by atoms with E-state index in [9.17, 15) is 9.59 Å². The second kappa shape index (κ2) is 7.96. The number of nitrogens with zero attached hydrogens (tertiary/aromatic N) is 4. The zero-order chi connectivity index (χ0) is 18.5. The van der Waals surface area contributed by atoms with Crippen LogP contribution in [0.15, 0.2) is 35.5 Å². The van der Waals surface area contributed by atoms with E-state index in [1.807, 2.05) is 13.0 Å². The van der Waals surface area contributed by atoms with Gasteiger partial charge in [-0.1, -0.05) is 0 Å². The van der Waals surface area contributed by atoms with Crippen molar-refractivity contribution in [2.45, 2.75) is 13.0 Å². The zero-order valence-corrected chi connectivity index (χ0v) is 14.8. The van der Waals surface area contributed by atoms with Crippen LogP contribution in [0.1, 0.15) is 5.69 Å². The molecule has 2 aromatic heterocycles. The molecule has 2 aromatic rings. The van der Waals surface area contributed by atoms with Gasteiger partial charge in [-0.15, -0.1) is 0 Å². The summed E-state index contributed by atoms with van der Waals surface area (Å²) in [5, 5.41) is 5.87. The second-order valence-electron chi connectivity index (χ2n) is 6.13. The van der Waals surface area contributed by atoms with Gasteiger partial charge in [-0.05, 0) is 19.1 Å². The maximum absolute atomic E-state index is 12.5. The Morgan fingerprint density at radius 1 is 1.38 bits per heavy atom. The Bertz CT molecular complexity index is 837. The van der Waals surface area contributed by atoms with E-state index in [-0.39, 0.29) is 23.5 Å². The van der Waals surface area contributed by atoms with Crippen molar-refractivity contribution >= 4 is 17.5 Å². The fraction of sp³-hybridized carbons (Fsp3) is 0.412. The van der Waals surface area contributed by atoms with Crippen LogP contribution in [0, 0.1) is 6.92 Å². The van der Waals surface area contributed by atoms with Crippen molar-refractivity contribution in [2.24, 2.45) is 7.05 Å². The average Bonchev–Trinajstić information content (AvgIpc) is 2.63. The Kier molecular flexibility index (Phi) is 5.47. The lowest BCUT2D eigenvalue weighted by Gasteiger charge is -2.33. The van der Waals surface area contributed by atoms with Gasteiger partial charge in [0.2, 0.25) is 0 Å². The highest BCUT2D eigenvalue weighted by Crippen LogP contribution is 2.11. The van der Waals surface area contributed by atoms with Gasteiger partial charge in [0.1, 0.15) is 0 Å². The number of carbonyl (C=O) groups is 1. The van der Waals surface area contributed by atoms with E-state index in [0.717, 1.165) is 5.69 Å². The Morgan fingerprint density at radius 3 is 3.04 bits per heavy atom. The van der Waals surface area contributed by atoms with Gasteiger partial charge in [0.25, 0.3) is 5.56 Å². The first-order chi connectivity index (χ1) is 12.5. The smallest absolute Gasteiger partial charge is 0.322 e. The number of pyridine rings is 1. The van der Waals surface area contributed by atoms with Gasteiger partial charge in [0.15, 0.2) is 5.82 Å². The second-order valence-corrected chi connectivity index (χ2v) is 6.13. The summed E-state index contributed by atoms with van der Waals surface area (Å²) in [5.74, 6) is 0.271. The normalized spacial score (nSPS) is 17.0. The molecule has 0 saturated carbocycles. The largest absolute Gasteiger partial charge is 0.373 e. The summed E-state index contributed by atoms with van der Waals surface area (Å²) in [6.07, 6.45) is 4.59. The fourth-order valence-corrected chi connectivity index (χ4v) is 2.68. The monoisotopic (exact) mass is 358 g/mol. The summed E-state index contributed by atoms with van der Waals surface area (Å²) in [5.41, 5.74) is 1.34. The fourth-order valence-electron chi connectivity index (χ4n) is 2.68. The van der Waals surface area contributed by atoms with Crippen molar-refractivity contribution in [3.05, 3.63) is 46.8 Å². The number of hydrogen-bond donors (Lipinski definition) is 2. The van der Waals surface area contributed by atoms with Gasteiger partial charge < -0.3 is 24.8 Å². The van der Waals surface area contributed by atoms with Crippen LogP contribution in [0.4, 0.5) is 16.3 Å². The number of carbonyl (C=O) groups excluding carboxylic acids is 1. The van der Waals surface area contributed by atoms with Crippen LogP contribution in [-0.4, -0.2) is 57.8 Å².